The molecule has 0 bridgehead atoms. The average molecular weight is 437 g/mol. The molecule has 9 heteroatoms. The number of aryl methyl sites for hydroxylation is 1. The molecule has 0 aliphatic carbocycles. The van der Waals surface area contributed by atoms with Crippen molar-refractivity contribution in [2.45, 2.75) is 24.7 Å². The third-order valence-corrected chi connectivity index (χ3v) is 7.61. The van der Waals surface area contributed by atoms with Crippen LogP contribution in [0.25, 0.3) is 16.6 Å². The summed E-state index contributed by atoms with van der Waals surface area (Å²) in [5.41, 5.74) is 0.976. The van der Waals surface area contributed by atoms with E-state index in [2.05, 4.69) is 26.9 Å². The van der Waals surface area contributed by atoms with E-state index in [4.69, 9.17) is 0 Å². The van der Waals surface area contributed by atoms with Gasteiger partial charge >= 0.3 is 0 Å². The number of hydrogen-bond acceptors (Lipinski definition) is 6. The number of hydrogen-bond donors (Lipinski definition) is 0. The minimum atomic E-state index is -3.55. The lowest BCUT2D eigenvalue weighted by atomic mass is 10.1. The molecule has 0 amide bonds. The maximum absolute atomic E-state index is 13.3. The van der Waals surface area contributed by atoms with E-state index in [0.29, 0.717) is 36.9 Å². The van der Waals surface area contributed by atoms with E-state index in [-0.39, 0.29) is 0 Å². The molecule has 3 heterocycles. The molecule has 31 heavy (non-hydrogen) atoms. The topological polar surface area (TPSA) is 83.7 Å². The van der Waals surface area contributed by atoms with Crippen LogP contribution in [0.15, 0.2) is 59.8 Å². The Kier molecular flexibility index (Phi) is 5.07. The van der Waals surface area contributed by atoms with Crippen molar-refractivity contribution in [1.82, 2.24) is 23.9 Å². The van der Waals surface area contributed by atoms with Crippen molar-refractivity contribution >= 4 is 32.4 Å². The van der Waals surface area contributed by atoms with Crippen LogP contribution in [-0.2, 0) is 16.4 Å². The molecule has 4 aromatic rings. The molecule has 0 saturated carbocycles. The highest BCUT2D eigenvalue weighted by atomic mass is 32.2. The molecule has 5 rings (SSSR count). The van der Waals surface area contributed by atoms with Gasteiger partial charge in [-0.2, -0.15) is 18.9 Å². The Morgan fingerprint density at radius 3 is 2.52 bits per heavy atom. The summed E-state index contributed by atoms with van der Waals surface area (Å²) in [7, 11) is -3.55. The van der Waals surface area contributed by atoms with E-state index in [1.54, 1.807) is 21.0 Å². The maximum atomic E-state index is 13.3. The zero-order valence-corrected chi connectivity index (χ0v) is 18.2. The molecular formula is C22H24N6O2S. The van der Waals surface area contributed by atoms with Gasteiger partial charge < -0.3 is 4.90 Å². The highest BCUT2D eigenvalue weighted by Crippen LogP contribution is 2.25. The van der Waals surface area contributed by atoms with Crippen molar-refractivity contribution in [2.24, 2.45) is 0 Å². The Bertz CT molecular complexity index is 1340. The smallest absolute Gasteiger partial charge is 0.254 e. The number of aromatic nitrogens is 4. The first-order valence-electron chi connectivity index (χ1n) is 10.5. The number of rotatable bonds is 5. The molecular weight excluding hydrogens is 412 g/mol. The monoisotopic (exact) mass is 436 g/mol. The molecule has 0 N–H and O–H groups in total. The largest absolute Gasteiger partial charge is 0.354 e. The summed E-state index contributed by atoms with van der Waals surface area (Å²) in [6.45, 7) is 4.11. The fourth-order valence-corrected chi connectivity index (χ4v) is 5.55. The predicted molar refractivity (Wildman–Crippen MR) is 120 cm³/mol. The van der Waals surface area contributed by atoms with Crippen LogP contribution in [0.3, 0.4) is 0 Å². The molecule has 0 spiro atoms. The Balaban J connectivity index is 1.38. The van der Waals surface area contributed by atoms with Crippen LogP contribution in [0.2, 0.25) is 0 Å². The van der Waals surface area contributed by atoms with Gasteiger partial charge in [0.25, 0.3) is 5.78 Å². The van der Waals surface area contributed by atoms with Gasteiger partial charge in [0, 0.05) is 37.9 Å². The van der Waals surface area contributed by atoms with Gasteiger partial charge in [-0.15, -0.1) is 0 Å². The average Bonchev–Trinajstić information content (AvgIpc) is 3.27. The lowest BCUT2D eigenvalue weighted by molar-refractivity contribution is 0.383. The number of anilines is 1. The van der Waals surface area contributed by atoms with Crippen LogP contribution in [0.5, 0.6) is 0 Å². The quantitative estimate of drug-likeness (QED) is 0.478. The van der Waals surface area contributed by atoms with E-state index in [0.717, 1.165) is 35.1 Å². The number of fused-ring (bicyclic) bond motifs is 2. The molecule has 1 aliphatic rings. The van der Waals surface area contributed by atoms with Crippen molar-refractivity contribution in [3.8, 4) is 0 Å². The van der Waals surface area contributed by atoms with Crippen molar-refractivity contribution in [2.75, 3.05) is 31.1 Å². The van der Waals surface area contributed by atoms with Gasteiger partial charge in [0.15, 0.2) is 0 Å². The Hall–Kier alpha value is -3.04. The van der Waals surface area contributed by atoms with Crippen molar-refractivity contribution < 1.29 is 8.42 Å². The van der Waals surface area contributed by atoms with Gasteiger partial charge in [-0.1, -0.05) is 43.7 Å². The molecule has 0 radical (unpaired) electrons. The summed E-state index contributed by atoms with van der Waals surface area (Å²) in [6.07, 6.45) is 3.36. The molecule has 0 atom stereocenters. The van der Waals surface area contributed by atoms with Crippen molar-refractivity contribution in [1.29, 1.82) is 0 Å². The Labute approximate surface area is 181 Å². The predicted octanol–water partition coefficient (Wildman–Crippen LogP) is 2.74. The van der Waals surface area contributed by atoms with Gasteiger partial charge in [0.1, 0.15) is 12.1 Å². The first-order chi connectivity index (χ1) is 15.1. The molecule has 2 aromatic heterocycles. The minimum Gasteiger partial charge on any atom is -0.354 e. The van der Waals surface area contributed by atoms with Crippen LogP contribution in [-0.4, -0.2) is 58.5 Å². The van der Waals surface area contributed by atoms with E-state index < -0.39 is 10.0 Å². The second kappa shape index (κ2) is 7.90. The third kappa shape index (κ3) is 3.64. The zero-order valence-electron chi connectivity index (χ0n) is 17.3. The Morgan fingerprint density at radius 1 is 0.968 bits per heavy atom. The number of benzene rings is 2. The molecule has 160 valence electrons. The standard InChI is InChI=1S/C22H24N6O2S/c1-2-5-19-15-21(28-22(25-19)23-16-24-28)26-10-12-27(13-11-26)31(29,30)20-9-8-17-6-3-4-7-18(17)14-20/h3-4,6-9,14-16H,2,5,10-13H2,1H3. The van der Waals surface area contributed by atoms with Gasteiger partial charge in [-0.3, -0.25) is 0 Å². The highest BCUT2D eigenvalue weighted by molar-refractivity contribution is 7.89. The summed E-state index contributed by atoms with van der Waals surface area (Å²) in [6, 6.07) is 15.2. The van der Waals surface area contributed by atoms with Crippen molar-refractivity contribution in [3.63, 3.8) is 0 Å². The lowest BCUT2D eigenvalue weighted by Crippen LogP contribution is -2.49. The first kappa shape index (κ1) is 19.9. The fourth-order valence-electron chi connectivity index (χ4n) is 4.09. The zero-order chi connectivity index (χ0) is 21.4. The van der Waals surface area contributed by atoms with E-state index in [9.17, 15) is 8.42 Å². The van der Waals surface area contributed by atoms with Crippen LogP contribution in [0.1, 0.15) is 19.0 Å². The van der Waals surface area contributed by atoms with Gasteiger partial charge in [0.05, 0.1) is 4.90 Å². The summed E-state index contributed by atoms with van der Waals surface area (Å²) < 4.78 is 29.8. The molecule has 8 nitrogen and oxygen atoms in total. The van der Waals surface area contributed by atoms with E-state index in [1.165, 1.54) is 6.33 Å². The summed E-state index contributed by atoms with van der Waals surface area (Å²) >= 11 is 0. The minimum absolute atomic E-state index is 0.340. The summed E-state index contributed by atoms with van der Waals surface area (Å²) in [5, 5.41) is 6.27. The van der Waals surface area contributed by atoms with Gasteiger partial charge in [-0.05, 0) is 29.3 Å². The Morgan fingerprint density at radius 2 is 1.74 bits per heavy atom. The van der Waals surface area contributed by atoms with Crippen molar-refractivity contribution in [3.05, 3.63) is 60.6 Å². The summed E-state index contributed by atoms with van der Waals surface area (Å²) in [4.78, 5) is 11.3. The maximum Gasteiger partial charge on any atom is 0.254 e. The molecule has 1 fully saturated rings. The molecule has 0 unspecified atom stereocenters. The second-order valence-electron chi connectivity index (χ2n) is 7.73. The fraction of sp³-hybridized carbons (Fsp3) is 0.318. The van der Waals surface area contributed by atoms with Crippen LogP contribution >= 0.6 is 0 Å². The van der Waals surface area contributed by atoms with Crippen LogP contribution in [0, 0.1) is 0 Å². The van der Waals surface area contributed by atoms with Crippen LogP contribution in [0.4, 0.5) is 5.82 Å². The third-order valence-electron chi connectivity index (χ3n) is 5.71. The number of sulfonamides is 1. The summed E-state index contributed by atoms with van der Waals surface area (Å²) in [5.74, 6) is 1.49. The second-order valence-corrected chi connectivity index (χ2v) is 9.67. The van der Waals surface area contributed by atoms with E-state index >= 15 is 0 Å². The van der Waals surface area contributed by atoms with E-state index in [1.807, 2.05) is 36.4 Å². The first-order valence-corrected chi connectivity index (χ1v) is 11.9. The van der Waals surface area contributed by atoms with Gasteiger partial charge in [-0.25, -0.2) is 13.4 Å². The van der Waals surface area contributed by atoms with Crippen LogP contribution < -0.4 is 4.90 Å². The molecule has 2 aromatic carbocycles. The normalized spacial score (nSPS) is 15.7. The molecule has 1 saturated heterocycles. The number of piperazine rings is 1. The SMILES string of the molecule is CCCc1cc(N2CCN(S(=O)(=O)c3ccc4ccccc4c3)CC2)n2ncnc2n1. The highest BCUT2D eigenvalue weighted by Gasteiger charge is 2.29. The number of nitrogens with zero attached hydrogens (tertiary/aromatic N) is 6. The lowest BCUT2D eigenvalue weighted by Gasteiger charge is -2.35. The van der Waals surface area contributed by atoms with Gasteiger partial charge in [0.2, 0.25) is 10.0 Å². The molecule has 1 aliphatic heterocycles.